The number of fused-ring (bicyclic) bond motifs is 2. The second kappa shape index (κ2) is 8.14. The molecule has 2 aromatic carbocycles. The van der Waals surface area contributed by atoms with E-state index in [4.69, 9.17) is 10.1 Å². The van der Waals surface area contributed by atoms with Crippen LogP contribution in [-0.2, 0) is 0 Å². The molecule has 3 nitrogen and oxygen atoms in total. The number of hydrogen-bond donors (Lipinski definition) is 1. The van der Waals surface area contributed by atoms with E-state index in [9.17, 15) is 0 Å². The van der Waals surface area contributed by atoms with Gasteiger partial charge in [0.2, 0.25) is 0 Å². The summed E-state index contributed by atoms with van der Waals surface area (Å²) in [5.41, 5.74) is 0. The molecule has 4 aromatic rings. The van der Waals surface area contributed by atoms with E-state index in [-0.39, 0.29) is 0 Å². The van der Waals surface area contributed by atoms with E-state index in [1.807, 2.05) is 0 Å². The average Bonchev–Trinajstić information content (AvgIpc) is 3.17. The Kier molecular flexibility index (Phi) is 5.87. The molecule has 4 rings (SSSR count). The fourth-order valence-electron chi connectivity index (χ4n) is 1.81. The van der Waals surface area contributed by atoms with Gasteiger partial charge in [-0.3, -0.25) is 0 Å². The van der Waals surface area contributed by atoms with Gasteiger partial charge in [0.1, 0.15) is 0 Å². The summed E-state index contributed by atoms with van der Waals surface area (Å²) >= 11 is 3.57. The van der Waals surface area contributed by atoms with Crippen LogP contribution in [0.3, 0.4) is 0 Å². The smallest absolute Gasteiger partial charge is 0.152 e. The third-order valence-corrected chi connectivity index (χ3v) is 4.52. The molecule has 0 amide bonds. The fraction of sp³-hybridized carbons (Fsp3) is 0. The van der Waals surface area contributed by atoms with Crippen molar-refractivity contribution in [1.29, 1.82) is 0 Å². The molecule has 5 heteroatoms. The van der Waals surface area contributed by atoms with Gasteiger partial charge in [0.15, 0.2) is 5.34 Å². The first-order valence-electron chi connectivity index (χ1n) is 6.16. The number of thiophene rings is 2. The van der Waals surface area contributed by atoms with Gasteiger partial charge in [0.05, 0.1) is 0 Å². The highest BCUT2D eigenvalue weighted by Gasteiger charge is 1.88. The van der Waals surface area contributed by atoms with Crippen molar-refractivity contribution in [1.82, 2.24) is 0 Å². The molecule has 2 heterocycles. The predicted octanol–water partition coefficient (Wildman–Crippen LogP) is 5.94. The number of benzene rings is 2. The van der Waals surface area contributed by atoms with Crippen LogP contribution in [0.1, 0.15) is 0 Å². The maximum absolute atomic E-state index is 8.11. The molecule has 0 atom stereocenters. The Balaban J connectivity index is 0.000000130. The van der Waals surface area contributed by atoms with E-state index in [2.05, 4.69) is 71.4 Å². The molecular weight excluding hydrogens is 302 g/mol. The van der Waals surface area contributed by atoms with Crippen LogP contribution in [0.5, 0.6) is 0 Å². The molecule has 0 saturated heterocycles. The van der Waals surface area contributed by atoms with Crippen LogP contribution in [0.2, 0.25) is 0 Å². The monoisotopic (exact) mass is 315 g/mol. The highest BCUT2D eigenvalue weighted by molar-refractivity contribution is 7.17. The Hall–Kier alpha value is -2.24. The Morgan fingerprint density at radius 3 is 1.48 bits per heavy atom. The van der Waals surface area contributed by atoms with Crippen molar-refractivity contribution in [2.45, 2.75) is 0 Å². The van der Waals surface area contributed by atoms with Gasteiger partial charge in [-0.05, 0) is 45.8 Å². The largest absolute Gasteiger partial charge is 0.379 e. The van der Waals surface area contributed by atoms with Crippen molar-refractivity contribution in [3.63, 3.8) is 0 Å². The van der Waals surface area contributed by atoms with Crippen LogP contribution < -0.4 is 0 Å². The molecule has 106 valence electrons. The minimum atomic E-state index is 1.25. The molecule has 0 bridgehead atoms. The quantitative estimate of drug-likeness (QED) is 0.322. The molecule has 0 unspecified atom stereocenters. The first-order valence-corrected chi connectivity index (χ1v) is 7.92. The van der Waals surface area contributed by atoms with Crippen molar-refractivity contribution in [2.24, 2.45) is 5.34 Å². The number of rotatable bonds is 0. The summed E-state index contributed by atoms with van der Waals surface area (Å²) in [6, 6.07) is 21.1. The van der Waals surface area contributed by atoms with Crippen molar-refractivity contribution in [3.8, 4) is 0 Å². The van der Waals surface area contributed by atoms with Crippen LogP contribution in [0.4, 0.5) is 0 Å². The van der Waals surface area contributed by atoms with Crippen molar-refractivity contribution < 1.29 is 5.21 Å². The Bertz CT molecular complexity index is 681. The maximum atomic E-state index is 8.11. The van der Waals surface area contributed by atoms with Gasteiger partial charge in [0, 0.05) is 9.40 Å². The lowest BCUT2D eigenvalue weighted by atomic mass is 10.3. The average molecular weight is 315 g/mol. The van der Waals surface area contributed by atoms with Crippen molar-refractivity contribution >= 4 is 42.8 Å². The van der Waals surface area contributed by atoms with Crippen LogP contribution in [-0.4, -0.2) is 5.21 Å². The zero-order chi connectivity index (χ0) is 14.9. The van der Waals surface area contributed by atoms with Gasteiger partial charge in [-0.2, -0.15) is 0 Å². The molecule has 0 fully saturated rings. The minimum absolute atomic E-state index is 1.25. The van der Waals surface area contributed by atoms with Gasteiger partial charge in [0.25, 0.3) is 0 Å². The third-order valence-electron chi connectivity index (χ3n) is 2.72. The van der Waals surface area contributed by atoms with E-state index in [0.717, 1.165) is 0 Å². The third kappa shape index (κ3) is 4.37. The summed E-state index contributed by atoms with van der Waals surface area (Å²) in [7, 11) is 0. The summed E-state index contributed by atoms with van der Waals surface area (Å²) in [5, 5.41) is 14.8. The van der Waals surface area contributed by atoms with Gasteiger partial charge in [-0.1, -0.05) is 36.4 Å². The van der Waals surface area contributed by atoms with E-state index >= 15 is 0 Å². The Morgan fingerprint density at radius 2 is 1.10 bits per heavy atom. The summed E-state index contributed by atoms with van der Waals surface area (Å²) in [6.07, 6.45) is 0. The minimum Gasteiger partial charge on any atom is -0.379 e. The molecule has 0 aliphatic carbocycles. The molecule has 0 aliphatic heterocycles. The highest BCUT2D eigenvalue weighted by Crippen LogP contribution is 2.19. The highest BCUT2D eigenvalue weighted by atomic mass is 32.1. The first-order chi connectivity index (χ1) is 10.3. The normalized spacial score (nSPS) is 9.33. The molecule has 1 N–H and O–H groups in total. The predicted molar refractivity (Wildman–Crippen MR) is 91.2 cm³/mol. The molecular formula is C16H13NO2S2. The number of hydrogen-bond acceptors (Lipinski definition) is 4. The lowest BCUT2D eigenvalue weighted by Crippen LogP contribution is -1.56. The van der Waals surface area contributed by atoms with Gasteiger partial charge in [-0.25, -0.2) is 0 Å². The fourth-order valence-corrected chi connectivity index (χ4v) is 3.39. The van der Waals surface area contributed by atoms with Crippen molar-refractivity contribution in [2.75, 3.05) is 0 Å². The molecule has 21 heavy (non-hydrogen) atoms. The second-order valence-corrected chi connectivity index (χ2v) is 5.89. The second-order valence-electron chi connectivity index (χ2n) is 4.00. The summed E-state index contributed by atoms with van der Waals surface area (Å²) in [4.78, 5) is 8.11. The molecule has 0 spiro atoms. The van der Waals surface area contributed by atoms with E-state index in [0.29, 0.717) is 0 Å². The molecule has 2 aromatic heterocycles. The Morgan fingerprint density at radius 1 is 0.714 bits per heavy atom. The Labute approximate surface area is 130 Å². The van der Waals surface area contributed by atoms with E-state index in [1.54, 1.807) is 22.7 Å². The van der Waals surface area contributed by atoms with E-state index < -0.39 is 0 Å². The number of nitrogens with zero attached hydrogens (tertiary/aromatic N) is 1. The lowest BCUT2D eigenvalue weighted by Gasteiger charge is -1.82. The maximum Gasteiger partial charge on any atom is 0.152 e. The first kappa shape index (κ1) is 15.2. The lowest BCUT2D eigenvalue weighted by molar-refractivity contribution is 0.312. The van der Waals surface area contributed by atoms with Gasteiger partial charge < -0.3 is 5.21 Å². The van der Waals surface area contributed by atoms with Crippen LogP contribution in [0.25, 0.3) is 20.2 Å². The topological polar surface area (TPSA) is 49.7 Å². The zero-order valence-electron chi connectivity index (χ0n) is 11.0. The van der Waals surface area contributed by atoms with Crippen molar-refractivity contribution in [3.05, 3.63) is 76.3 Å². The van der Waals surface area contributed by atoms with Crippen LogP contribution in [0, 0.1) is 4.91 Å². The van der Waals surface area contributed by atoms with Gasteiger partial charge >= 0.3 is 0 Å². The molecule has 0 radical (unpaired) electrons. The van der Waals surface area contributed by atoms with Gasteiger partial charge in [-0.15, -0.1) is 27.6 Å². The summed E-state index contributed by atoms with van der Waals surface area (Å²) in [5.74, 6) is 0. The molecule has 0 saturated carbocycles. The summed E-state index contributed by atoms with van der Waals surface area (Å²) < 4.78 is 2.75. The summed E-state index contributed by atoms with van der Waals surface area (Å²) in [6.45, 7) is 0. The molecule has 0 aliphatic rings. The standard InChI is InChI=1S/2C8H6S.HNO2/c2*1-2-4-8-7(3-1)5-6-9-8;2-1-3/h2*1-6H;(H,2,3). The van der Waals surface area contributed by atoms with Crippen LogP contribution in [0.15, 0.2) is 76.8 Å². The van der Waals surface area contributed by atoms with E-state index in [1.165, 1.54) is 25.5 Å². The zero-order valence-corrected chi connectivity index (χ0v) is 12.7. The SMILES string of the molecule is O=NO.c1ccc2sccc2c1.c1ccc2sccc2c1. The van der Waals surface area contributed by atoms with Crippen LogP contribution >= 0.6 is 22.7 Å².